The van der Waals surface area contributed by atoms with Crippen molar-refractivity contribution in [3.05, 3.63) is 11.7 Å². The number of alkyl halides is 10. The fourth-order valence-electron chi connectivity index (χ4n) is 1.53. The van der Waals surface area contributed by atoms with E-state index in [1.54, 1.807) is 0 Å². The highest BCUT2D eigenvalue weighted by Gasteiger charge is 2.98. The van der Waals surface area contributed by atoms with E-state index in [1.165, 1.54) is 0 Å². The second kappa shape index (κ2) is 3.51. The molecule has 12 heteroatoms. The van der Waals surface area contributed by atoms with Gasteiger partial charge in [0.1, 0.15) is 5.57 Å². The van der Waals surface area contributed by atoms with E-state index in [9.17, 15) is 52.7 Å². The van der Waals surface area contributed by atoms with Crippen LogP contribution in [0.5, 0.6) is 0 Å². The van der Waals surface area contributed by atoms with Crippen LogP contribution in [-0.4, -0.2) is 29.6 Å². The van der Waals surface area contributed by atoms with Gasteiger partial charge in [0.2, 0.25) is 0 Å². The fraction of sp³-hybridized carbons (Fsp3) is 0.714. The van der Waals surface area contributed by atoms with Gasteiger partial charge in [-0.15, -0.1) is 0 Å². The van der Waals surface area contributed by atoms with Crippen molar-refractivity contribution in [1.82, 2.24) is 0 Å². The third-order valence-electron chi connectivity index (χ3n) is 2.47. The van der Waals surface area contributed by atoms with Crippen LogP contribution >= 0.6 is 0 Å². The van der Waals surface area contributed by atoms with E-state index < -0.39 is 41.3 Å². The normalized spacial score (nSPS) is 32.5. The minimum absolute atomic E-state index is 4.18. The molecular weight excluding hydrogens is 312 g/mol. The summed E-state index contributed by atoms with van der Waals surface area (Å²) in [5, 5.41) is 0. The van der Waals surface area contributed by atoms with Crippen molar-refractivity contribution < 1.29 is 52.7 Å². The Labute approximate surface area is 95.2 Å². The summed E-state index contributed by atoms with van der Waals surface area (Å²) in [6.45, 7) is 0. The molecule has 1 aliphatic carbocycles. The van der Waals surface area contributed by atoms with E-state index in [0.717, 1.165) is 0 Å². The lowest BCUT2D eigenvalue weighted by molar-refractivity contribution is -0.357. The molecule has 0 aromatic carbocycles. The van der Waals surface area contributed by atoms with Crippen LogP contribution in [0.2, 0.25) is 0 Å². The highest BCUT2D eigenvalue weighted by Crippen LogP contribution is 2.70. The molecule has 0 aromatic rings. The van der Waals surface area contributed by atoms with Crippen LogP contribution in [0, 0.1) is 0 Å². The van der Waals surface area contributed by atoms with Crippen molar-refractivity contribution in [2.24, 2.45) is 0 Å². The summed E-state index contributed by atoms with van der Waals surface area (Å²) in [6.07, 6.45) is -11.4. The minimum atomic E-state index is -7.21. The quantitative estimate of drug-likeness (QED) is 0.584. The standard InChI is InChI=1S/C7F12/c8-2(9)1-3(10,11)5(14,7(17,18)19)6(15,16)4(1,12)13. The topological polar surface area (TPSA) is 0 Å². The molecule has 1 aliphatic rings. The highest BCUT2D eigenvalue weighted by atomic mass is 19.4. The molecular formula is C7F12. The number of halogens is 12. The van der Waals surface area contributed by atoms with Crippen molar-refractivity contribution in [3.8, 4) is 0 Å². The van der Waals surface area contributed by atoms with Gasteiger partial charge >= 0.3 is 29.6 Å². The first kappa shape index (κ1) is 16.0. The smallest absolute Gasteiger partial charge is 0.219 e. The van der Waals surface area contributed by atoms with Gasteiger partial charge < -0.3 is 0 Å². The van der Waals surface area contributed by atoms with Gasteiger partial charge in [0.15, 0.2) is 0 Å². The number of hydrogen-bond donors (Lipinski definition) is 0. The minimum Gasteiger partial charge on any atom is -0.219 e. The van der Waals surface area contributed by atoms with Crippen molar-refractivity contribution >= 4 is 0 Å². The Kier molecular flexibility index (Phi) is 2.95. The van der Waals surface area contributed by atoms with Crippen LogP contribution in [0.25, 0.3) is 0 Å². The van der Waals surface area contributed by atoms with E-state index >= 15 is 0 Å². The molecule has 112 valence electrons. The van der Waals surface area contributed by atoms with Gasteiger partial charge in [-0.3, -0.25) is 0 Å². The summed E-state index contributed by atoms with van der Waals surface area (Å²) in [5.74, 6) is -20.6. The Bertz CT molecular complexity index is 424. The zero-order valence-electron chi connectivity index (χ0n) is 8.04. The molecule has 0 spiro atoms. The van der Waals surface area contributed by atoms with Crippen LogP contribution in [0.1, 0.15) is 0 Å². The Balaban J connectivity index is 3.85. The fourth-order valence-corrected chi connectivity index (χ4v) is 1.53. The largest absolute Gasteiger partial charge is 0.435 e. The molecule has 0 bridgehead atoms. The molecule has 0 amide bonds. The molecule has 0 radical (unpaired) electrons. The molecule has 0 aliphatic heterocycles. The van der Waals surface area contributed by atoms with E-state index in [2.05, 4.69) is 0 Å². The lowest BCUT2D eigenvalue weighted by Crippen LogP contribution is -2.63. The first-order chi connectivity index (χ1) is 8.07. The zero-order chi connectivity index (χ0) is 15.7. The number of allylic oxidation sites excluding steroid dienone is 1. The van der Waals surface area contributed by atoms with Gasteiger partial charge in [-0.25, -0.2) is 4.39 Å². The highest BCUT2D eigenvalue weighted by molar-refractivity contribution is 5.42. The summed E-state index contributed by atoms with van der Waals surface area (Å²) in [7, 11) is 0. The Hall–Kier alpha value is -1.10. The molecule has 0 heterocycles. The molecule has 0 N–H and O–H groups in total. The molecule has 1 unspecified atom stereocenters. The predicted molar refractivity (Wildman–Crippen MR) is 34.0 cm³/mol. The van der Waals surface area contributed by atoms with Gasteiger partial charge in [0.05, 0.1) is 0 Å². The first-order valence-corrected chi connectivity index (χ1v) is 4.02. The Morgan fingerprint density at radius 3 is 1.26 bits per heavy atom. The average Bonchev–Trinajstić information content (AvgIpc) is 2.18. The Morgan fingerprint density at radius 1 is 0.737 bits per heavy atom. The molecule has 19 heavy (non-hydrogen) atoms. The lowest BCUT2D eigenvalue weighted by Gasteiger charge is -2.32. The van der Waals surface area contributed by atoms with Crippen LogP contribution in [0.3, 0.4) is 0 Å². The van der Waals surface area contributed by atoms with Crippen molar-refractivity contribution in [2.45, 2.75) is 29.6 Å². The Morgan fingerprint density at radius 2 is 1.11 bits per heavy atom. The molecule has 1 rings (SSSR count). The summed E-state index contributed by atoms with van der Waals surface area (Å²) in [6, 6.07) is 0. The molecule has 0 aromatic heterocycles. The van der Waals surface area contributed by atoms with Crippen molar-refractivity contribution in [1.29, 1.82) is 0 Å². The maximum absolute atomic E-state index is 13.0. The number of rotatable bonds is 0. The first-order valence-electron chi connectivity index (χ1n) is 4.02. The third kappa shape index (κ3) is 1.45. The number of hydrogen-bond acceptors (Lipinski definition) is 0. The van der Waals surface area contributed by atoms with E-state index in [1.807, 2.05) is 0 Å². The molecule has 0 nitrogen and oxygen atoms in total. The molecule has 1 fully saturated rings. The summed E-state index contributed by atoms with van der Waals surface area (Å²) in [5.41, 5.74) is -11.3. The van der Waals surface area contributed by atoms with Gasteiger partial charge in [0, 0.05) is 0 Å². The van der Waals surface area contributed by atoms with Crippen LogP contribution in [-0.2, 0) is 0 Å². The molecule has 1 saturated carbocycles. The predicted octanol–water partition coefficient (Wildman–Crippen LogP) is 4.33. The second-order valence-electron chi connectivity index (χ2n) is 3.51. The van der Waals surface area contributed by atoms with E-state index in [0.29, 0.717) is 0 Å². The average molecular weight is 312 g/mol. The monoisotopic (exact) mass is 312 g/mol. The maximum atomic E-state index is 13.0. The van der Waals surface area contributed by atoms with E-state index in [4.69, 9.17) is 0 Å². The van der Waals surface area contributed by atoms with Gasteiger partial charge in [0.25, 0.3) is 6.08 Å². The maximum Gasteiger partial charge on any atom is 0.435 e. The van der Waals surface area contributed by atoms with E-state index in [-0.39, 0.29) is 0 Å². The van der Waals surface area contributed by atoms with Crippen LogP contribution < -0.4 is 0 Å². The third-order valence-corrected chi connectivity index (χ3v) is 2.47. The summed E-state index contributed by atoms with van der Waals surface area (Å²) < 4.78 is 149. The molecule has 0 saturated heterocycles. The van der Waals surface area contributed by atoms with Crippen LogP contribution in [0.15, 0.2) is 11.7 Å². The van der Waals surface area contributed by atoms with Crippen LogP contribution in [0.4, 0.5) is 52.7 Å². The van der Waals surface area contributed by atoms with Gasteiger partial charge in [-0.1, -0.05) is 0 Å². The molecule has 1 atom stereocenters. The second-order valence-corrected chi connectivity index (χ2v) is 3.51. The SMILES string of the molecule is FC(F)=C1C(F)(F)C(F)(F)C(F)(C(F)(F)F)C1(F)F. The lowest BCUT2D eigenvalue weighted by atomic mass is 9.96. The van der Waals surface area contributed by atoms with Gasteiger partial charge in [-0.2, -0.15) is 48.3 Å². The van der Waals surface area contributed by atoms with Crippen molar-refractivity contribution in [3.63, 3.8) is 0 Å². The zero-order valence-corrected chi connectivity index (χ0v) is 8.04. The van der Waals surface area contributed by atoms with Gasteiger partial charge in [-0.05, 0) is 0 Å². The summed E-state index contributed by atoms with van der Waals surface area (Å²) in [4.78, 5) is 0. The van der Waals surface area contributed by atoms with Crippen molar-refractivity contribution in [2.75, 3.05) is 0 Å². The summed E-state index contributed by atoms with van der Waals surface area (Å²) >= 11 is 0.